The van der Waals surface area contributed by atoms with Gasteiger partial charge in [-0.1, -0.05) is 66.3 Å². The predicted molar refractivity (Wildman–Crippen MR) is 144 cm³/mol. The minimum Gasteiger partial charge on any atom is -0.461 e. The van der Waals surface area contributed by atoms with Crippen molar-refractivity contribution in [1.29, 1.82) is 0 Å². The lowest BCUT2D eigenvalue weighted by molar-refractivity contribution is -0.149. The molecule has 3 unspecified atom stereocenters. The van der Waals surface area contributed by atoms with Crippen LogP contribution in [0.15, 0.2) is 36.9 Å². The van der Waals surface area contributed by atoms with Crippen LogP contribution in [0.3, 0.4) is 0 Å². The molecule has 1 aromatic rings. The summed E-state index contributed by atoms with van der Waals surface area (Å²) >= 11 is 0. The topological polar surface area (TPSA) is 99.1 Å². The Kier molecular flexibility index (Phi) is 20.0. The van der Waals surface area contributed by atoms with Crippen molar-refractivity contribution in [3.05, 3.63) is 48.0 Å². The fraction of sp³-hybridized carbons (Fsp3) is 0.643. The number of amides is 1. The Morgan fingerprint density at radius 1 is 1.11 bits per heavy atom. The van der Waals surface area contributed by atoms with Crippen LogP contribution in [0, 0.1) is 5.92 Å². The summed E-state index contributed by atoms with van der Waals surface area (Å²) in [5.74, 6) is -0.780. The summed E-state index contributed by atoms with van der Waals surface area (Å²) in [5, 5.41) is 23.5. The van der Waals surface area contributed by atoms with E-state index < -0.39 is 18.3 Å². The molecule has 0 aromatic heterocycles. The van der Waals surface area contributed by atoms with Crippen LogP contribution in [-0.2, 0) is 9.53 Å². The number of hydrogen-bond acceptors (Lipinski definition) is 6. The average molecular weight is 495 g/mol. The molecule has 3 N–H and O–H groups in total. The zero-order chi connectivity index (χ0) is 27.6. The van der Waals surface area contributed by atoms with E-state index in [0.717, 1.165) is 5.56 Å². The maximum absolute atomic E-state index is 12.2. The van der Waals surface area contributed by atoms with Crippen molar-refractivity contribution >= 4 is 11.9 Å². The van der Waals surface area contributed by atoms with Gasteiger partial charge in [0.25, 0.3) is 5.91 Å². The summed E-state index contributed by atoms with van der Waals surface area (Å²) in [6, 6.07) is 7.16. The molecule has 0 heterocycles. The number of esters is 1. The van der Waals surface area contributed by atoms with Gasteiger partial charge in [-0.05, 0) is 56.7 Å². The number of aliphatic hydroxyl groups is 2. The van der Waals surface area contributed by atoms with Gasteiger partial charge in [0.05, 0.1) is 12.6 Å². The Balaban J connectivity index is 0. The van der Waals surface area contributed by atoms with Crippen LogP contribution in [-0.4, -0.2) is 65.1 Å². The van der Waals surface area contributed by atoms with Gasteiger partial charge in [0.15, 0.2) is 0 Å². The number of nitrogens with one attached hydrogen (secondary N) is 1. The Morgan fingerprint density at radius 2 is 1.71 bits per heavy atom. The molecule has 0 aliphatic carbocycles. The fourth-order valence-corrected chi connectivity index (χ4v) is 3.59. The molecule has 7 nitrogen and oxygen atoms in total. The second-order valence-corrected chi connectivity index (χ2v) is 8.06. The lowest BCUT2D eigenvalue weighted by Gasteiger charge is -2.39. The maximum atomic E-state index is 12.2. The van der Waals surface area contributed by atoms with Gasteiger partial charge < -0.3 is 20.3 Å². The highest BCUT2D eigenvalue weighted by atomic mass is 16.5. The smallest absolute Gasteiger partial charge is 0.320 e. The number of rotatable bonds is 13. The molecular weight excluding hydrogens is 444 g/mol. The largest absolute Gasteiger partial charge is 0.461 e. The zero-order valence-electron chi connectivity index (χ0n) is 23.4. The standard InChI is InChI=1S/C24H38N2O5.2C2H6/c1-7-12-31-23(29)15-26(19(6)28)22(17(4)18(5)27)13-16(3)20-10-9-11-21(14-20)24(30)25-8-2;2*1-2/h7,9-11,14,16-19,22,27-28H,1,8,12-13,15H2,2-6H3,(H,25,30);2*1-2H3/t16?,17-,18-,19?,22?;;/m1../s1. The summed E-state index contributed by atoms with van der Waals surface area (Å²) < 4.78 is 5.10. The normalized spacial score (nSPS) is 14.6. The summed E-state index contributed by atoms with van der Waals surface area (Å²) in [7, 11) is 0. The molecule has 7 heteroatoms. The predicted octanol–water partition coefficient (Wildman–Crippen LogP) is 4.74. The van der Waals surface area contributed by atoms with Crippen LogP contribution >= 0.6 is 0 Å². The van der Waals surface area contributed by atoms with E-state index in [-0.39, 0.29) is 36.9 Å². The lowest BCUT2D eigenvalue weighted by Crippen LogP contribution is -2.50. The highest BCUT2D eigenvalue weighted by Crippen LogP contribution is 2.29. The second-order valence-electron chi connectivity index (χ2n) is 8.06. The van der Waals surface area contributed by atoms with Crippen molar-refractivity contribution in [2.45, 2.75) is 93.0 Å². The summed E-state index contributed by atoms with van der Waals surface area (Å²) in [6.45, 7) is 21.2. The van der Waals surface area contributed by atoms with E-state index in [1.165, 1.54) is 6.08 Å². The van der Waals surface area contributed by atoms with Crippen molar-refractivity contribution in [3.8, 4) is 0 Å². The van der Waals surface area contributed by atoms with Crippen LogP contribution in [0.25, 0.3) is 0 Å². The second kappa shape index (κ2) is 20.0. The third-order valence-corrected chi connectivity index (χ3v) is 5.60. The quantitative estimate of drug-likeness (QED) is 0.208. The summed E-state index contributed by atoms with van der Waals surface area (Å²) in [5.41, 5.74) is 1.57. The molecule has 0 radical (unpaired) electrons. The van der Waals surface area contributed by atoms with Crippen LogP contribution in [0.1, 0.15) is 90.6 Å². The molecule has 0 saturated heterocycles. The molecule has 0 spiro atoms. The van der Waals surface area contributed by atoms with Gasteiger partial charge in [0.2, 0.25) is 0 Å². The van der Waals surface area contributed by atoms with Gasteiger partial charge in [-0.2, -0.15) is 0 Å². The van der Waals surface area contributed by atoms with E-state index in [2.05, 4.69) is 11.9 Å². The van der Waals surface area contributed by atoms with E-state index in [9.17, 15) is 19.8 Å². The van der Waals surface area contributed by atoms with Gasteiger partial charge in [-0.25, -0.2) is 0 Å². The van der Waals surface area contributed by atoms with Crippen molar-refractivity contribution in [2.75, 3.05) is 19.7 Å². The van der Waals surface area contributed by atoms with E-state index in [1.54, 1.807) is 24.8 Å². The lowest BCUT2D eigenvalue weighted by atomic mass is 9.84. The molecule has 202 valence electrons. The first kappa shape index (κ1) is 34.9. The van der Waals surface area contributed by atoms with E-state index >= 15 is 0 Å². The minimum absolute atomic E-state index is 0.0195. The number of carbonyl (C=O) groups excluding carboxylic acids is 2. The highest BCUT2D eigenvalue weighted by molar-refractivity contribution is 5.94. The molecule has 5 atom stereocenters. The highest BCUT2D eigenvalue weighted by Gasteiger charge is 2.33. The molecule has 1 amide bonds. The van der Waals surface area contributed by atoms with Crippen LogP contribution in [0.5, 0.6) is 0 Å². The third-order valence-electron chi connectivity index (χ3n) is 5.60. The van der Waals surface area contributed by atoms with E-state index in [0.29, 0.717) is 18.5 Å². The first-order valence-corrected chi connectivity index (χ1v) is 12.9. The minimum atomic E-state index is -0.906. The number of nitrogens with zero attached hydrogens (tertiary/aromatic N) is 1. The fourth-order valence-electron chi connectivity index (χ4n) is 3.59. The van der Waals surface area contributed by atoms with Crippen LogP contribution in [0.4, 0.5) is 0 Å². The third kappa shape index (κ3) is 12.9. The number of ether oxygens (including phenoxy) is 1. The van der Waals surface area contributed by atoms with Crippen molar-refractivity contribution < 1.29 is 24.5 Å². The first-order chi connectivity index (χ1) is 16.6. The molecule has 0 bridgehead atoms. The van der Waals surface area contributed by atoms with Crippen molar-refractivity contribution in [1.82, 2.24) is 10.2 Å². The van der Waals surface area contributed by atoms with E-state index in [1.807, 2.05) is 66.7 Å². The molecule has 35 heavy (non-hydrogen) atoms. The summed E-state index contributed by atoms with van der Waals surface area (Å²) in [6.07, 6.45) is 0.523. The zero-order valence-corrected chi connectivity index (χ0v) is 23.4. The van der Waals surface area contributed by atoms with Crippen LogP contribution in [0.2, 0.25) is 0 Å². The molecule has 0 saturated carbocycles. The van der Waals surface area contributed by atoms with Gasteiger partial charge >= 0.3 is 5.97 Å². The number of aliphatic hydroxyl groups excluding tert-OH is 2. The van der Waals surface area contributed by atoms with Gasteiger partial charge in [0.1, 0.15) is 12.8 Å². The first-order valence-electron chi connectivity index (χ1n) is 12.9. The average Bonchev–Trinajstić information content (AvgIpc) is 2.86. The molecule has 0 fully saturated rings. The molecule has 1 rings (SSSR count). The van der Waals surface area contributed by atoms with Crippen LogP contribution < -0.4 is 5.32 Å². The number of benzene rings is 1. The summed E-state index contributed by atoms with van der Waals surface area (Å²) in [4.78, 5) is 26.1. The maximum Gasteiger partial charge on any atom is 0.320 e. The Morgan fingerprint density at radius 3 is 2.20 bits per heavy atom. The molecule has 1 aromatic carbocycles. The van der Waals surface area contributed by atoms with Gasteiger partial charge in [-0.3, -0.25) is 14.5 Å². The SMILES string of the molecule is C=CCOC(=O)CN(C(C)O)C(CC(C)c1cccc(C(=O)NCC)c1)[C@H](C)[C@@H](C)O.CC.CC. The number of carbonyl (C=O) groups is 2. The molecule has 0 aliphatic heterocycles. The van der Waals surface area contributed by atoms with Gasteiger partial charge in [0, 0.05) is 18.2 Å². The Hall–Kier alpha value is -2.22. The van der Waals surface area contributed by atoms with E-state index in [4.69, 9.17) is 4.74 Å². The monoisotopic (exact) mass is 494 g/mol. The molecule has 0 aliphatic rings. The van der Waals surface area contributed by atoms with Gasteiger partial charge in [-0.15, -0.1) is 0 Å². The Bertz CT molecular complexity index is 721. The molecular formula is C28H50N2O5. The Labute approximate surface area is 213 Å². The number of hydrogen-bond donors (Lipinski definition) is 3. The van der Waals surface area contributed by atoms with Crippen molar-refractivity contribution in [3.63, 3.8) is 0 Å². The van der Waals surface area contributed by atoms with Crippen molar-refractivity contribution in [2.24, 2.45) is 5.92 Å².